The van der Waals surface area contributed by atoms with Crippen molar-refractivity contribution in [1.82, 2.24) is 4.90 Å². The lowest BCUT2D eigenvalue weighted by Gasteiger charge is -2.37. The van der Waals surface area contributed by atoms with E-state index < -0.39 is 11.6 Å². The van der Waals surface area contributed by atoms with Crippen LogP contribution in [0.15, 0.2) is 0 Å². The lowest BCUT2D eigenvalue weighted by Crippen LogP contribution is -2.50. The lowest BCUT2D eigenvalue weighted by atomic mass is 9.91. The molecule has 0 radical (unpaired) electrons. The fourth-order valence-corrected chi connectivity index (χ4v) is 1.51. The maximum atomic E-state index is 10.6. The third-order valence-electron chi connectivity index (χ3n) is 2.72. The van der Waals surface area contributed by atoms with Gasteiger partial charge in [0.05, 0.1) is 0 Å². The van der Waals surface area contributed by atoms with E-state index in [0.717, 1.165) is 12.8 Å². The van der Waals surface area contributed by atoms with Crippen molar-refractivity contribution >= 4 is 5.97 Å². The van der Waals surface area contributed by atoms with E-state index in [1.165, 1.54) is 13.3 Å². The minimum atomic E-state index is -1.62. The molecule has 1 aliphatic rings. The summed E-state index contributed by atoms with van der Waals surface area (Å²) < 4.78 is 0. The maximum absolute atomic E-state index is 10.6. The second-order valence-electron chi connectivity index (χ2n) is 4.08. The molecule has 4 heteroatoms. The number of likely N-dealkylation sites (N-methyl/N-ethyl adjacent to an activating group) is 1. The molecule has 4 nitrogen and oxygen atoms in total. The predicted octanol–water partition coefficient (Wildman–Crippen LogP) is 0.306. The maximum Gasteiger partial charge on any atom is 0.336 e. The van der Waals surface area contributed by atoms with E-state index in [1.807, 2.05) is 11.9 Å². The minimum absolute atomic E-state index is 0.201. The number of aliphatic carboxylic acids is 1. The number of hydrogen-bond acceptors (Lipinski definition) is 3. The molecule has 0 aromatic rings. The molecular formula is C9H17NO3. The quantitative estimate of drug-likeness (QED) is 0.665. The Morgan fingerprint density at radius 2 is 2.15 bits per heavy atom. The van der Waals surface area contributed by atoms with E-state index in [-0.39, 0.29) is 6.54 Å². The van der Waals surface area contributed by atoms with Gasteiger partial charge in [0.2, 0.25) is 0 Å². The van der Waals surface area contributed by atoms with E-state index in [0.29, 0.717) is 6.04 Å². The molecule has 1 aliphatic carbocycles. The summed E-state index contributed by atoms with van der Waals surface area (Å²) in [6.07, 6.45) is 3.45. The van der Waals surface area contributed by atoms with Crippen molar-refractivity contribution < 1.29 is 15.0 Å². The van der Waals surface area contributed by atoms with E-state index >= 15 is 0 Å². The van der Waals surface area contributed by atoms with Gasteiger partial charge in [0, 0.05) is 12.6 Å². The summed E-state index contributed by atoms with van der Waals surface area (Å²) in [6, 6.07) is 0.464. The minimum Gasteiger partial charge on any atom is -0.479 e. The molecule has 0 aromatic heterocycles. The average Bonchev–Trinajstić information content (AvgIpc) is 1.80. The molecular weight excluding hydrogens is 170 g/mol. The van der Waals surface area contributed by atoms with Crippen LogP contribution in [0.4, 0.5) is 0 Å². The molecule has 1 atom stereocenters. The molecule has 1 fully saturated rings. The highest BCUT2D eigenvalue weighted by molar-refractivity contribution is 5.76. The van der Waals surface area contributed by atoms with Gasteiger partial charge in [0.15, 0.2) is 5.60 Å². The van der Waals surface area contributed by atoms with E-state index in [4.69, 9.17) is 5.11 Å². The highest BCUT2D eigenvalue weighted by Gasteiger charge is 2.34. The molecule has 0 bridgehead atoms. The van der Waals surface area contributed by atoms with E-state index in [1.54, 1.807) is 0 Å². The van der Waals surface area contributed by atoms with Crippen molar-refractivity contribution in [3.8, 4) is 0 Å². The van der Waals surface area contributed by atoms with Gasteiger partial charge in [-0.25, -0.2) is 4.79 Å². The molecule has 13 heavy (non-hydrogen) atoms. The van der Waals surface area contributed by atoms with Gasteiger partial charge < -0.3 is 10.2 Å². The van der Waals surface area contributed by atoms with Crippen LogP contribution >= 0.6 is 0 Å². The monoisotopic (exact) mass is 187 g/mol. The highest BCUT2D eigenvalue weighted by atomic mass is 16.4. The van der Waals surface area contributed by atoms with Gasteiger partial charge in [0.25, 0.3) is 0 Å². The SMILES string of the molecule is CN(CC(C)(O)C(=O)O)C1CCC1. The third-order valence-corrected chi connectivity index (χ3v) is 2.72. The fourth-order valence-electron chi connectivity index (χ4n) is 1.51. The van der Waals surface area contributed by atoms with Crippen LogP contribution in [0.2, 0.25) is 0 Å². The van der Waals surface area contributed by atoms with Gasteiger partial charge in [-0.05, 0) is 26.8 Å². The van der Waals surface area contributed by atoms with Crippen molar-refractivity contribution in [3.05, 3.63) is 0 Å². The van der Waals surface area contributed by atoms with Gasteiger partial charge in [-0.15, -0.1) is 0 Å². The summed E-state index contributed by atoms with van der Waals surface area (Å²) >= 11 is 0. The summed E-state index contributed by atoms with van der Waals surface area (Å²) in [7, 11) is 1.86. The van der Waals surface area contributed by atoms with Gasteiger partial charge in [-0.2, -0.15) is 0 Å². The Balaban J connectivity index is 2.41. The van der Waals surface area contributed by atoms with Crippen LogP contribution in [0.25, 0.3) is 0 Å². The first-order valence-corrected chi connectivity index (χ1v) is 4.59. The zero-order chi connectivity index (χ0) is 10.1. The van der Waals surface area contributed by atoms with Gasteiger partial charge >= 0.3 is 5.97 Å². The average molecular weight is 187 g/mol. The van der Waals surface area contributed by atoms with Crippen LogP contribution in [0.3, 0.4) is 0 Å². The van der Waals surface area contributed by atoms with Crippen molar-refractivity contribution in [2.24, 2.45) is 0 Å². The lowest BCUT2D eigenvalue weighted by molar-refractivity contribution is -0.159. The Hall–Kier alpha value is -0.610. The van der Waals surface area contributed by atoms with E-state index in [2.05, 4.69) is 0 Å². The van der Waals surface area contributed by atoms with Crippen LogP contribution in [-0.4, -0.2) is 46.3 Å². The van der Waals surface area contributed by atoms with Crippen LogP contribution in [-0.2, 0) is 4.79 Å². The fraction of sp³-hybridized carbons (Fsp3) is 0.889. The molecule has 0 aromatic carbocycles. The topological polar surface area (TPSA) is 60.8 Å². The number of nitrogens with zero attached hydrogens (tertiary/aromatic N) is 1. The zero-order valence-corrected chi connectivity index (χ0v) is 8.16. The highest BCUT2D eigenvalue weighted by Crippen LogP contribution is 2.24. The Bertz CT molecular complexity index is 199. The van der Waals surface area contributed by atoms with Crippen LogP contribution in [0.5, 0.6) is 0 Å². The number of carboxylic acids is 1. The number of hydrogen-bond donors (Lipinski definition) is 2. The number of rotatable bonds is 4. The molecule has 0 spiro atoms. The summed E-state index contributed by atoms with van der Waals surface area (Å²) in [5, 5.41) is 18.2. The summed E-state index contributed by atoms with van der Waals surface area (Å²) in [5.74, 6) is -1.15. The molecule has 0 saturated heterocycles. The first-order valence-electron chi connectivity index (χ1n) is 4.59. The normalized spacial score (nSPS) is 22.5. The Morgan fingerprint density at radius 3 is 2.46 bits per heavy atom. The predicted molar refractivity (Wildman–Crippen MR) is 48.5 cm³/mol. The molecule has 0 amide bonds. The van der Waals surface area contributed by atoms with Crippen molar-refractivity contribution in [2.45, 2.75) is 37.8 Å². The molecule has 2 N–H and O–H groups in total. The molecule has 1 unspecified atom stereocenters. The van der Waals surface area contributed by atoms with Crippen molar-refractivity contribution in [1.29, 1.82) is 0 Å². The van der Waals surface area contributed by atoms with Crippen LogP contribution < -0.4 is 0 Å². The molecule has 1 rings (SSSR count). The first-order chi connectivity index (χ1) is 5.93. The van der Waals surface area contributed by atoms with Crippen molar-refractivity contribution in [2.75, 3.05) is 13.6 Å². The summed E-state index contributed by atoms with van der Waals surface area (Å²) in [4.78, 5) is 12.5. The van der Waals surface area contributed by atoms with E-state index in [9.17, 15) is 9.90 Å². The first kappa shape index (κ1) is 10.5. The Morgan fingerprint density at radius 1 is 1.62 bits per heavy atom. The molecule has 76 valence electrons. The van der Waals surface area contributed by atoms with Crippen LogP contribution in [0.1, 0.15) is 26.2 Å². The Kier molecular flexibility index (Phi) is 2.93. The smallest absolute Gasteiger partial charge is 0.336 e. The van der Waals surface area contributed by atoms with Crippen LogP contribution in [0, 0.1) is 0 Å². The number of carbonyl (C=O) groups is 1. The number of aliphatic hydroxyl groups is 1. The van der Waals surface area contributed by atoms with Gasteiger partial charge in [-0.3, -0.25) is 4.90 Å². The second-order valence-corrected chi connectivity index (χ2v) is 4.08. The summed E-state index contributed by atoms with van der Waals surface area (Å²) in [6.45, 7) is 1.54. The molecule has 1 saturated carbocycles. The third kappa shape index (κ3) is 2.42. The largest absolute Gasteiger partial charge is 0.479 e. The summed E-state index contributed by atoms with van der Waals surface area (Å²) in [5.41, 5.74) is -1.62. The van der Waals surface area contributed by atoms with Gasteiger partial charge in [0.1, 0.15) is 0 Å². The molecule has 0 aliphatic heterocycles. The number of carboxylic acid groups (broad SMARTS) is 1. The standard InChI is InChI=1S/C9H17NO3/c1-9(13,8(11)12)6-10(2)7-4-3-5-7/h7,13H,3-6H2,1-2H3,(H,11,12). The van der Waals surface area contributed by atoms with Crippen molar-refractivity contribution in [3.63, 3.8) is 0 Å². The zero-order valence-electron chi connectivity index (χ0n) is 8.16. The second kappa shape index (κ2) is 3.64. The molecule has 0 heterocycles. The Labute approximate surface area is 78.2 Å². The van der Waals surface area contributed by atoms with Gasteiger partial charge in [-0.1, -0.05) is 6.42 Å².